The van der Waals surface area contributed by atoms with Crippen molar-refractivity contribution in [2.45, 2.75) is 12.5 Å². The van der Waals surface area contributed by atoms with E-state index in [1.54, 1.807) is 24.4 Å². The number of imidazole rings is 1. The van der Waals surface area contributed by atoms with Gasteiger partial charge in [-0.3, -0.25) is 9.59 Å². The number of aromatic nitrogens is 7. The highest BCUT2D eigenvalue weighted by Crippen LogP contribution is 2.36. The molecule has 3 aromatic carbocycles. The van der Waals surface area contributed by atoms with Crippen LogP contribution in [0.25, 0.3) is 27.8 Å². The van der Waals surface area contributed by atoms with Gasteiger partial charge >= 0.3 is 5.97 Å². The molecule has 0 spiro atoms. The highest BCUT2D eigenvalue weighted by atomic mass is 35.5. The third kappa shape index (κ3) is 5.94. The van der Waals surface area contributed by atoms with Gasteiger partial charge in [0.15, 0.2) is 0 Å². The molecule has 14 nitrogen and oxygen atoms in total. The number of nitrogens with two attached hydrogens (primary N) is 1. The molecule has 6 aromatic rings. The fourth-order valence-electron chi connectivity index (χ4n) is 5.22. The lowest BCUT2D eigenvalue weighted by Crippen LogP contribution is -2.27. The number of anilines is 1. The minimum absolute atomic E-state index is 0.0715. The highest BCUT2D eigenvalue weighted by molar-refractivity contribution is 6.31. The number of pyridine rings is 1. The molecule has 6 rings (SSSR count). The molecule has 15 heteroatoms. The van der Waals surface area contributed by atoms with E-state index in [9.17, 15) is 19.5 Å². The Bertz CT molecular complexity index is 2130. The SMILES string of the molecule is COc1cn(C(Cc2ccccc2)c2nc3c(NC(=O)CN)cc(C(=O)O)cc3[nH]2)c(=O)cc1-c1cc(Cl)ccc1-n1cnnn1. The lowest BCUT2D eigenvalue weighted by molar-refractivity contribution is -0.114. The van der Waals surface area contributed by atoms with Gasteiger partial charge in [-0.2, -0.15) is 4.68 Å². The fourth-order valence-corrected chi connectivity index (χ4v) is 5.39. The molecule has 0 aliphatic rings. The van der Waals surface area contributed by atoms with Crippen LogP contribution in [0, 0.1) is 0 Å². The zero-order valence-corrected chi connectivity index (χ0v) is 25.0. The number of fused-ring (bicyclic) bond motifs is 1. The second-order valence-electron chi connectivity index (χ2n) is 10.2. The molecule has 1 amide bonds. The van der Waals surface area contributed by atoms with E-state index in [2.05, 4.69) is 25.8 Å². The van der Waals surface area contributed by atoms with Crippen LogP contribution in [-0.4, -0.2) is 65.4 Å². The summed E-state index contributed by atoms with van der Waals surface area (Å²) in [6.45, 7) is -0.310. The van der Waals surface area contributed by atoms with Gasteiger partial charge in [0.05, 0.1) is 48.3 Å². The van der Waals surface area contributed by atoms with Crippen molar-refractivity contribution >= 4 is 40.2 Å². The summed E-state index contributed by atoms with van der Waals surface area (Å²) in [5.74, 6) is -1.01. The lowest BCUT2D eigenvalue weighted by Gasteiger charge is -2.21. The molecule has 1 unspecified atom stereocenters. The Labute approximate surface area is 265 Å². The first kappa shape index (κ1) is 30.2. The highest BCUT2D eigenvalue weighted by Gasteiger charge is 2.25. The Morgan fingerprint density at radius 2 is 1.91 bits per heavy atom. The van der Waals surface area contributed by atoms with Crippen molar-refractivity contribution < 1.29 is 19.4 Å². The standard InChI is InChI=1S/C31H26ClN9O5/c1-46-26-15-40(28(43)13-21(26)20-12-19(32)7-8-24(20)41-16-34-38-39-41)25(9-17-5-3-2-4-6-17)30-36-23-11-18(31(44)45)10-22(29(23)37-30)35-27(42)14-33/h2-8,10-13,15-16,25H,9,14,33H2,1H3,(H,35,42)(H,36,37)(H,44,45). The van der Waals surface area contributed by atoms with Crippen LogP contribution in [0.5, 0.6) is 5.75 Å². The zero-order chi connectivity index (χ0) is 32.4. The van der Waals surface area contributed by atoms with E-state index in [1.165, 1.54) is 40.9 Å². The van der Waals surface area contributed by atoms with E-state index in [4.69, 9.17) is 27.1 Å². The predicted octanol–water partition coefficient (Wildman–Crippen LogP) is 3.46. The Kier molecular flexibility index (Phi) is 8.29. The maximum Gasteiger partial charge on any atom is 0.335 e. The average Bonchev–Trinajstić information content (AvgIpc) is 3.75. The summed E-state index contributed by atoms with van der Waals surface area (Å²) in [6.07, 6.45) is 3.34. The number of carbonyl (C=O) groups excluding carboxylic acids is 1. The van der Waals surface area contributed by atoms with Crippen LogP contribution in [0.1, 0.15) is 27.8 Å². The Hall–Kier alpha value is -5.86. The Morgan fingerprint density at radius 3 is 2.61 bits per heavy atom. The van der Waals surface area contributed by atoms with Crippen LogP contribution >= 0.6 is 11.6 Å². The van der Waals surface area contributed by atoms with E-state index in [0.717, 1.165) is 5.56 Å². The summed E-state index contributed by atoms with van der Waals surface area (Å²) in [7, 11) is 1.49. The minimum Gasteiger partial charge on any atom is -0.495 e. The van der Waals surface area contributed by atoms with Crippen molar-refractivity contribution in [2.75, 3.05) is 19.0 Å². The van der Waals surface area contributed by atoms with Gasteiger partial charge in [-0.15, -0.1) is 5.10 Å². The van der Waals surface area contributed by atoms with Crippen LogP contribution < -0.4 is 21.3 Å². The summed E-state index contributed by atoms with van der Waals surface area (Å²) in [6, 6.07) is 18.1. The third-order valence-electron chi connectivity index (χ3n) is 7.34. The van der Waals surface area contributed by atoms with Crippen LogP contribution in [0.15, 0.2) is 84.0 Å². The molecule has 3 aromatic heterocycles. The summed E-state index contributed by atoms with van der Waals surface area (Å²) in [4.78, 5) is 46.0. The van der Waals surface area contributed by atoms with Gasteiger partial charge in [0.25, 0.3) is 5.56 Å². The maximum atomic E-state index is 14.0. The monoisotopic (exact) mass is 639 g/mol. The first-order chi connectivity index (χ1) is 22.2. The number of carboxylic acids is 1. The summed E-state index contributed by atoms with van der Waals surface area (Å²) < 4.78 is 8.75. The molecule has 46 heavy (non-hydrogen) atoms. The van der Waals surface area contributed by atoms with Gasteiger partial charge in [0, 0.05) is 28.6 Å². The van der Waals surface area contributed by atoms with Gasteiger partial charge in [-0.1, -0.05) is 41.9 Å². The number of tetrazole rings is 1. The number of carbonyl (C=O) groups is 2. The summed E-state index contributed by atoms with van der Waals surface area (Å²) in [5, 5.41) is 24.2. The second-order valence-corrected chi connectivity index (χ2v) is 10.7. The van der Waals surface area contributed by atoms with E-state index >= 15 is 0 Å². The molecule has 0 fully saturated rings. The molecule has 0 saturated heterocycles. The third-order valence-corrected chi connectivity index (χ3v) is 7.58. The van der Waals surface area contributed by atoms with Crippen molar-refractivity contribution in [3.05, 3.63) is 112 Å². The number of aromatic amines is 1. The van der Waals surface area contributed by atoms with Crippen molar-refractivity contribution in [1.29, 1.82) is 0 Å². The van der Waals surface area contributed by atoms with Crippen molar-refractivity contribution in [1.82, 2.24) is 34.7 Å². The quantitative estimate of drug-likeness (QED) is 0.172. The topological polar surface area (TPSA) is 196 Å². The van der Waals surface area contributed by atoms with Crippen LogP contribution in [-0.2, 0) is 11.2 Å². The van der Waals surface area contributed by atoms with Crippen LogP contribution in [0.4, 0.5) is 5.69 Å². The molecular formula is C31H26ClN9O5. The summed E-state index contributed by atoms with van der Waals surface area (Å²) in [5.41, 5.74) is 8.36. The van der Waals surface area contributed by atoms with E-state index in [0.29, 0.717) is 50.9 Å². The summed E-state index contributed by atoms with van der Waals surface area (Å²) >= 11 is 6.37. The number of methoxy groups -OCH3 is 1. The van der Waals surface area contributed by atoms with Gasteiger partial charge in [-0.05, 0) is 46.3 Å². The number of ether oxygens (including phenoxy) is 1. The van der Waals surface area contributed by atoms with E-state index in [-0.39, 0.29) is 23.4 Å². The van der Waals surface area contributed by atoms with Gasteiger partial charge < -0.3 is 30.4 Å². The number of hydrogen-bond acceptors (Lipinski definition) is 9. The fraction of sp³-hybridized carbons (Fsp3) is 0.129. The molecule has 0 aliphatic heterocycles. The minimum atomic E-state index is -1.19. The van der Waals surface area contributed by atoms with E-state index in [1.807, 2.05) is 30.3 Å². The number of rotatable bonds is 10. The number of nitrogens with zero attached hydrogens (tertiary/aromatic N) is 6. The number of nitrogens with one attached hydrogen (secondary N) is 2. The van der Waals surface area contributed by atoms with Crippen LogP contribution in [0.2, 0.25) is 5.02 Å². The number of H-pyrrole nitrogens is 1. The normalized spacial score (nSPS) is 11.8. The number of carboxylic acid groups (broad SMARTS) is 1. The predicted molar refractivity (Wildman–Crippen MR) is 169 cm³/mol. The Morgan fingerprint density at radius 1 is 1.11 bits per heavy atom. The average molecular weight is 640 g/mol. The molecule has 3 heterocycles. The Balaban J connectivity index is 1.54. The molecule has 5 N–H and O–H groups in total. The number of halogens is 1. The molecule has 0 saturated carbocycles. The van der Waals surface area contributed by atoms with Gasteiger partial charge in [0.1, 0.15) is 23.4 Å². The number of amides is 1. The number of hydrogen-bond donors (Lipinski definition) is 4. The van der Waals surface area contributed by atoms with E-state index < -0.39 is 17.9 Å². The van der Waals surface area contributed by atoms with Crippen molar-refractivity contribution in [2.24, 2.45) is 5.73 Å². The first-order valence-corrected chi connectivity index (χ1v) is 14.3. The molecule has 0 radical (unpaired) electrons. The molecule has 0 bridgehead atoms. The second kappa shape index (κ2) is 12.6. The van der Waals surface area contributed by atoms with Crippen molar-refractivity contribution in [3.8, 4) is 22.6 Å². The lowest BCUT2D eigenvalue weighted by atomic mass is 10.0. The zero-order valence-electron chi connectivity index (χ0n) is 24.2. The molecule has 232 valence electrons. The smallest absolute Gasteiger partial charge is 0.335 e. The number of benzene rings is 3. The van der Waals surface area contributed by atoms with Gasteiger partial charge in [-0.25, -0.2) is 9.78 Å². The van der Waals surface area contributed by atoms with Crippen molar-refractivity contribution in [3.63, 3.8) is 0 Å². The number of aromatic carboxylic acids is 1. The largest absolute Gasteiger partial charge is 0.495 e. The van der Waals surface area contributed by atoms with Gasteiger partial charge in [0.2, 0.25) is 5.91 Å². The molecule has 0 aliphatic carbocycles. The molecular weight excluding hydrogens is 614 g/mol. The maximum absolute atomic E-state index is 14.0. The molecule has 1 atom stereocenters. The van der Waals surface area contributed by atoms with Crippen LogP contribution in [0.3, 0.4) is 0 Å². The first-order valence-electron chi connectivity index (χ1n) is 13.9.